The Bertz CT molecular complexity index is 413. The van der Waals surface area contributed by atoms with Crippen molar-refractivity contribution in [2.75, 3.05) is 13.2 Å². The van der Waals surface area contributed by atoms with Gasteiger partial charge in [-0.05, 0) is 12.1 Å². The normalized spacial score (nSPS) is 32.5. The second-order valence-corrected chi connectivity index (χ2v) is 5.41. The highest BCUT2D eigenvalue weighted by Crippen LogP contribution is 2.43. The van der Waals surface area contributed by atoms with Crippen LogP contribution >= 0.6 is 15.9 Å². The summed E-state index contributed by atoms with van der Waals surface area (Å²) in [5.74, 6) is 0.777. The quantitative estimate of drug-likeness (QED) is 0.795. The fourth-order valence-electron chi connectivity index (χ4n) is 2.44. The van der Waals surface area contributed by atoms with Crippen molar-refractivity contribution in [2.45, 2.75) is 24.5 Å². The third-order valence-corrected chi connectivity index (χ3v) is 3.79. The molecule has 0 radical (unpaired) electrons. The van der Waals surface area contributed by atoms with E-state index < -0.39 is 6.10 Å². The molecule has 0 amide bonds. The van der Waals surface area contributed by atoms with Gasteiger partial charge in [0, 0.05) is 22.9 Å². The van der Waals surface area contributed by atoms with Gasteiger partial charge in [0.2, 0.25) is 0 Å². The average molecular weight is 285 g/mol. The highest BCUT2D eigenvalue weighted by Gasteiger charge is 2.43. The maximum absolute atomic E-state index is 10.1. The van der Waals surface area contributed by atoms with Crippen molar-refractivity contribution >= 4 is 15.9 Å². The first kappa shape index (κ1) is 10.6. The Kier molecular flexibility index (Phi) is 2.46. The van der Waals surface area contributed by atoms with E-state index in [1.807, 2.05) is 18.2 Å². The van der Waals surface area contributed by atoms with Crippen LogP contribution in [0.15, 0.2) is 22.7 Å². The molecule has 2 aliphatic heterocycles. The predicted octanol–water partition coefficient (Wildman–Crippen LogP) is 2.42. The van der Waals surface area contributed by atoms with Crippen LogP contribution in [0.2, 0.25) is 0 Å². The molecule has 16 heavy (non-hydrogen) atoms. The van der Waals surface area contributed by atoms with Gasteiger partial charge in [-0.25, -0.2) is 0 Å². The number of aliphatic hydroxyl groups is 1. The summed E-state index contributed by atoms with van der Waals surface area (Å²) in [6, 6.07) is 5.75. The van der Waals surface area contributed by atoms with Crippen LogP contribution in [0.25, 0.3) is 0 Å². The van der Waals surface area contributed by atoms with Crippen molar-refractivity contribution in [3.63, 3.8) is 0 Å². The number of hydrogen-bond acceptors (Lipinski definition) is 3. The summed E-state index contributed by atoms with van der Waals surface area (Å²) < 4.78 is 12.4. The Hall–Kier alpha value is -0.580. The molecular weight excluding hydrogens is 272 g/mol. The first-order valence-corrected chi connectivity index (χ1v) is 6.22. The minimum absolute atomic E-state index is 0.312. The molecule has 2 aliphatic rings. The van der Waals surface area contributed by atoms with E-state index in [0.29, 0.717) is 13.0 Å². The van der Waals surface area contributed by atoms with Crippen molar-refractivity contribution in [1.29, 1.82) is 0 Å². The number of rotatable bonds is 0. The molecule has 2 atom stereocenters. The lowest BCUT2D eigenvalue weighted by Gasteiger charge is -2.37. The Morgan fingerprint density at radius 2 is 2.31 bits per heavy atom. The maximum atomic E-state index is 10.1. The monoisotopic (exact) mass is 284 g/mol. The number of hydrogen-bond donors (Lipinski definition) is 1. The minimum atomic E-state index is -0.446. The van der Waals surface area contributed by atoms with Crippen LogP contribution in [0.4, 0.5) is 0 Å². The van der Waals surface area contributed by atoms with Crippen molar-refractivity contribution < 1.29 is 14.6 Å². The fourth-order valence-corrected chi connectivity index (χ4v) is 2.78. The lowest BCUT2D eigenvalue weighted by atomic mass is 9.88. The molecule has 4 heteroatoms. The molecule has 1 unspecified atom stereocenters. The van der Waals surface area contributed by atoms with Crippen molar-refractivity contribution in [3.05, 3.63) is 28.2 Å². The molecule has 0 bridgehead atoms. The summed E-state index contributed by atoms with van der Waals surface area (Å²) in [6.45, 7) is 1.30. The van der Waals surface area contributed by atoms with E-state index in [1.165, 1.54) is 0 Å². The van der Waals surface area contributed by atoms with E-state index in [-0.39, 0.29) is 5.60 Å². The summed E-state index contributed by atoms with van der Waals surface area (Å²) in [4.78, 5) is 0. The Labute approximate surface area is 102 Å². The zero-order valence-electron chi connectivity index (χ0n) is 8.78. The third-order valence-electron chi connectivity index (χ3n) is 3.29. The Balaban J connectivity index is 2.00. The smallest absolute Gasteiger partial charge is 0.137 e. The molecule has 1 fully saturated rings. The summed E-state index contributed by atoms with van der Waals surface area (Å²) in [7, 11) is 0. The first-order chi connectivity index (χ1) is 7.69. The van der Waals surface area contributed by atoms with E-state index >= 15 is 0 Å². The highest BCUT2D eigenvalue weighted by atomic mass is 79.9. The van der Waals surface area contributed by atoms with Crippen LogP contribution in [0.1, 0.15) is 24.5 Å². The lowest BCUT2D eigenvalue weighted by Crippen LogP contribution is -2.41. The number of benzene rings is 1. The summed E-state index contributed by atoms with van der Waals surface area (Å²) in [5, 5.41) is 10.1. The van der Waals surface area contributed by atoms with E-state index in [0.717, 1.165) is 28.8 Å². The standard InChI is InChI=1S/C12H13BrO3/c13-8-1-2-9-10(14)6-12(3-4-15-7-12)16-11(9)5-8/h1-2,5,10,14H,3-4,6-7H2/t10-,12?/m0/s1. The average Bonchev–Trinajstić information content (AvgIpc) is 2.65. The molecule has 1 spiro atoms. The van der Waals surface area contributed by atoms with Gasteiger partial charge < -0.3 is 14.6 Å². The second-order valence-electron chi connectivity index (χ2n) is 4.49. The van der Waals surface area contributed by atoms with Gasteiger partial charge in [0.05, 0.1) is 19.3 Å². The minimum Gasteiger partial charge on any atom is -0.484 e. The highest BCUT2D eigenvalue weighted by molar-refractivity contribution is 9.10. The van der Waals surface area contributed by atoms with Gasteiger partial charge in [0.1, 0.15) is 11.4 Å². The van der Waals surface area contributed by atoms with E-state index in [1.54, 1.807) is 0 Å². The summed E-state index contributed by atoms with van der Waals surface area (Å²) >= 11 is 3.41. The maximum Gasteiger partial charge on any atom is 0.137 e. The van der Waals surface area contributed by atoms with Crippen molar-refractivity contribution in [2.24, 2.45) is 0 Å². The van der Waals surface area contributed by atoms with Gasteiger partial charge in [0.15, 0.2) is 0 Å². The van der Waals surface area contributed by atoms with Crippen LogP contribution in [0.5, 0.6) is 5.75 Å². The van der Waals surface area contributed by atoms with Crippen LogP contribution in [-0.2, 0) is 4.74 Å². The molecule has 1 N–H and O–H groups in total. The third kappa shape index (κ3) is 1.65. The first-order valence-electron chi connectivity index (χ1n) is 5.43. The predicted molar refractivity (Wildman–Crippen MR) is 62.5 cm³/mol. The molecule has 2 heterocycles. The number of ether oxygens (including phenoxy) is 2. The number of halogens is 1. The van der Waals surface area contributed by atoms with Crippen molar-refractivity contribution in [1.82, 2.24) is 0 Å². The molecule has 0 aromatic heterocycles. The largest absolute Gasteiger partial charge is 0.484 e. The van der Waals surface area contributed by atoms with Gasteiger partial charge >= 0.3 is 0 Å². The number of fused-ring (bicyclic) bond motifs is 1. The van der Waals surface area contributed by atoms with E-state index in [2.05, 4.69) is 15.9 Å². The molecule has 0 saturated carbocycles. The van der Waals surface area contributed by atoms with E-state index in [9.17, 15) is 5.11 Å². The van der Waals surface area contributed by atoms with Crippen LogP contribution in [0, 0.1) is 0 Å². The zero-order chi connectivity index (χ0) is 11.2. The molecule has 1 saturated heterocycles. The topological polar surface area (TPSA) is 38.7 Å². The second kappa shape index (κ2) is 3.72. The summed E-state index contributed by atoms with van der Waals surface area (Å²) in [6.07, 6.45) is 1.04. The van der Waals surface area contributed by atoms with Gasteiger partial charge in [-0.3, -0.25) is 0 Å². The van der Waals surface area contributed by atoms with Gasteiger partial charge in [0.25, 0.3) is 0 Å². The van der Waals surface area contributed by atoms with Gasteiger partial charge in [-0.1, -0.05) is 22.0 Å². The van der Waals surface area contributed by atoms with Crippen LogP contribution in [-0.4, -0.2) is 23.9 Å². The molecule has 1 aromatic rings. The number of aliphatic hydroxyl groups excluding tert-OH is 1. The molecule has 0 aliphatic carbocycles. The lowest BCUT2D eigenvalue weighted by molar-refractivity contribution is -0.0194. The zero-order valence-corrected chi connectivity index (χ0v) is 10.4. The van der Waals surface area contributed by atoms with Crippen LogP contribution in [0.3, 0.4) is 0 Å². The Morgan fingerprint density at radius 1 is 1.44 bits per heavy atom. The Morgan fingerprint density at radius 3 is 3.06 bits per heavy atom. The molecule has 3 rings (SSSR count). The summed E-state index contributed by atoms with van der Waals surface area (Å²) in [5.41, 5.74) is 0.563. The van der Waals surface area contributed by atoms with Gasteiger partial charge in [-0.2, -0.15) is 0 Å². The fraction of sp³-hybridized carbons (Fsp3) is 0.500. The SMILES string of the molecule is O[C@H]1CC2(CCOC2)Oc2cc(Br)ccc21. The van der Waals surface area contributed by atoms with Crippen molar-refractivity contribution in [3.8, 4) is 5.75 Å². The van der Waals surface area contributed by atoms with Crippen LogP contribution < -0.4 is 4.74 Å². The molecule has 86 valence electrons. The van der Waals surface area contributed by atoms with E-state index in [4.69, 9.17) is 9.47 Å². The molecule has 3 nitrogen and oxygen atoms in total. The van der Waals surface area contributed by atoms with Gasteiger partial charge in [-0.15, -0.1) is 0 Å². The molecule has 1 aromatic carbocycles. The molecular formula is C12H13BrO3.